The lowest BCUT2D eigenvalue weighted by molar-refractivity contribution is 0.103. The summed E-state index contributed by atoms with van der Waals surface area (Å²) >= 11 is 7.24. The minimum absolute atomic E-state index is 0.0462. The SMILES string of the molecule is [2H]C1([2H])CN(c2cc(Nc3ncc(C(=O)Nc4c(C)cccc4Cl)s3)nc(C)n2)C([2H])([2H])C([2H])([2H])N1CCO. The third kappa shape index (κ3) is 5.77. The molecule has 3 aromatic rings. The number of carbonyl (C=O) groups is 1. The second-order valence-corrected chi connectivity index (χ2v) is 8.48. The lowest BCUT2D eigenvalue weighted by atomic mass is 10.2. The van der Waals surface area contributed by atoms with E-state index in [4.69, 9.17) is 19.8 Å². The first kappa shape index (κ1) is 16.8. The number of anilines is 4. The predicted molar refractivity (Wildman–Crippen MR) is 132 cm³/mol. The molecule has 0 radical (unpaired) electrons. The second-order valence-electron chi connectivity index (χ2n) is 7.04. The Morgan fingerprint density at radius 3 is 2.94 bits per heavy atom. The molecule has 1 aliphatic rings. The van der Waals surface area contributed by atoms with E-state index in [0.717, 1.165) is 21.8 Å². The second kappa shape index (κ2) is 10.4. The van der Waals surface area contributed by atoms with Gasteiger partial charge in [-0.15, -0.1) is 0 Å². The van der Waals surface area contributed by atoms with Gasteiger partial charge in [-0.1, -0.05) is 35.1 Å². The number of benzene rings is 1. The molecule has 0 saturated carbocycles. The van der Waals surface area contributed by atoms with Crippen molar-refractivity contribution < 1.29 is 18.1 Å². The normalized spacial score (nSPS) is 21.6. The first-order valence-electron chi connectivity index (χ1n) is 13.0. The molecule has 0 atom stereocenters. The Bertz CT molecular complexity index is 1370. The zero-order valence-electron chi connectivity index (χ0n) is 23.9. The van der Waals surface area contributed by atoms with Crippen molar-refractivity contribution in [3.63, 3.8) is 0 Å². The number of piperazine rings is 1. The number of aromatic nitrogens is 3. The molecule has 1 amide bonds. The molecule has 0 aliphatic carbocycles. The fourth-order valence-corrected chi connectivity index (χ4v) is 3.98. The van der Waals surface area contributed by atoms with Crippen LogP contribution in [0.25, 0.3) is 0 Å². The van der Waals surface area contributed by atoms with E-state index < -0.39 is 38.5 Å². The van der Waals surface area contributed by atoms with Gasteiger partial charge in [0.2, 0.25) is 0 Å². The Hall–Kier alpha value is -2.79. The van der Waals surface area contributed by atoms with Crippen LogP contribution >= 0.6 is 22.9 Å². The number of halogens is 1. The van der Waals surface area contributed by atoms with Gasteiger partial charge in [0.25, 0.3) is 5.91 Å². The van der Waals surface area contributed by atoms with Crippen LogP contribution in [0.4, 0.5) is 22.5 Å². The molecule has 4 rings (SSSR count). The molecule has 1 aromatic carbocycles. The van der Waals surface area contributed by atoms with Gasteiger partial charge in [0.1, 0.15) is 22.3 Å². The standard InChI is InChI=1S/C22H26ClN7O2S/c1-14-4-3-5-16(23)20(14)28-21(32)17-13-24-22(33-17)27-18-12-19(26-15(2)25-18)30-8-6-29(7-9-30)10-11-31/h3-5,12-13,31H,6-11H2,1-2H3,(H,28,32)(H,24,25,26,27)/i6D2,7D2,8D2. The number of aliphatic hydroxyl groups excluding tert-OH is 1. The van der Waals surface area contributed by atoms with Gasteiger partial charge in [-0.2, -0.15) is 0 Å². The molecule has 9 nitrogen and oxygen atoms in total. The zero-order valence-corrected chi connectivity index (χ0v) is 19.5. The van der Waals surface area contributed by atoms with E-state index in [1.165, 1.54) is 12.3 Å². The van der Waals surface area contributed by atoms with Crippen LogP contribution in [0.5, 0.6) is 0 Å². The number of rotatable bonds is 7. The zero-order chi connectivity index (χ0) is 28.8. The highest BCUT2D eigenvalue weighted by molar-refractivity contribution is 7.17. The van der Waals surface area contributed by atoms with Crippen LogP contribution in [0, 0.1) is 13.8 Å². The van der Waals surface area contributed by atoms with Crippen LogP contribution in [0.2, 0.25) is 5.02 Å². The number of hydrogen-bond donors (Lipinski definition) is 3. The molecule has 3 heterocycles. The van der Waals surface area contributed by atoms with Crippen LogP contribution < -0.4 is 15.5 Å². The molecule has 1 saturated heterocycles. The number of carbonyl (C=O) groups excluding carboxylic acids is 1. The summed E-state index contributed by atoms with van der Waals surface area (Å²) < 4.78 is 50.5. The largest absolute Gasteiger partial charge is 0.395 e. The summed E-state index contributed by atoms with van der Waals surface area (Å²) in [4.78, 5) is 27.4. The van der Waals surface area contributed by atoms with Gasteiger partial charge < -0.3 is 20.6 Å². The monoisotopic (exact) mass is 493 g/mol. The molecular weight excluding hydrogens is 462 g/mol. The fraction of sp³-hybridized carbons (Fsp3) is 0.364. The van der Waals surface area contributed by atoms with Crippen molar-refractivity contribution >= 4 is 51.3 Å². The molecule has 11 heteroatoms. The Labute approximate surface area is 209 Å². The minimum Gasteiger partial charge on any atom is -0.395 e. The number of aryl methyl sites for hydroxylation is 2. The van der Waals surface area contributed by atoms with Crippen LogP contribution in [0.1, 0.15) is 29.3 Å². The molecule has 0 unspecified atom stereocenters. The number of nitrogens with one attached hydrogen (secondary N) is 2. The summed E-state index contributed by atoms with van der Waals surface area (Å²) in [6.45, 7) is -5.94. The van der Waals surface area contributed by atoms with Crippen LogP contribution in [0.15, 0.2) is 30.5 Å². The van der Waals surface area contributed by atoms with Crippen LogP contribution in [0.3, 0.4) is 0 Å². The molecular formula is C22H26ClN7O2S. The van der Waals surface area contributed by atoms with E-state index >= 15 is 0 Å². The van der Waals surface area contributed by atoms with Crippen LogP contribution in [-0.4, -0.2) is 70.1 Å². The lowest BCUT2D eigenvalue weighted by Crippen LogP contribution is -2.47. The number of β-amino-alcohol motifs (C(OH)–C–C–N with tert-alkyl or cyclic N) is 1. The molecule has 174 valence electrons. The molecule has 0 bridgehead atoms. The van der Waals surface area contributed by atoms with Crippen molar-refractivity contribution in [1.82, 2.24) is 19.9 Å². The quantitative estimate of drug-likeness (QED) is 0.460. The number of hydrogen-bond acceptors (Lipinski definition) is 9. The van der Waals surface area contributed by atoms with Gasteiger partial charge in [0, 0.05) is 44.1 Å². The van der Waals surface area contributed by atoms with Crippen LogP contribution in [-0.2, 0) is 0 Å². The van der Waals surface area contributed by atoms with E-state index in [1.54, 1.807) is 19.1 Å². The maximum absolute atomic E-state index is 12.8. The number of para-hydroxylation sites is 1. The number of amides is 1. The van der Waals surface area contributed by atoms with E-state index in [1.807, 2.05) is 13.0 Å². The number of thiazole rings is 1. The third-order valence-corrected chi connectivity index (χ3v) is 5.82. The van der Waals surface area contributed by atoms with Crippen molar-refractivity contribution in [2.75, 3.05) is 54.7 Å². The molecule has 33 heavy (non-hydrogen) atoms. The highest BCUT2D eigenvalue weighted by Crippen LogP contribution is 2.28. The van der Waals surface area contributed by atoms with Gasteiger partial charge in [-0.05, 0) is 25.5 Å². The van der Waals surface area contributed by atoms with Gasteiger partial charge in [-0.3, -0.25) is 9.69 Å². The first-order chi connectivity index (χ1) is 18.2. The average Bonchev–Trinajstić information content (AvgIpc) is 3.30. The summed E-state index contributed by atoms with van der Waals surface area (Å²) in [5, 5.41) is 15.7. The number of nitrogens with zero attached hydrogens (tertiary/aromatic N) is 5. The van der Waals surface area contributed by atoms with E-state index in [2.05, 4.69) is 25.6 Å². The fourth-order valence-electron chi connectivity index (χ4n) is 3.00. The topological polar surface area (TPSA) is 107 Å². The number of aliphatic hydroxyl groups is 1. The summed E-state index contributed by atoms with van der Waals surface area (Å²) in [5.41, 5.74) is 1.30. The highest BCUT2D eigenvalue weighted by atomic mass is 35.5. The van der Waals surface area contributed by atoms with E-state index in [9.17, 15) is 9.90 Å². The van der Waals surface area contributed by atoms with Crippen molar-refractivity contribution in [2.45, 2.75) is 13.8 Å². The molecule has 2 aromatic heterocycles. The van der Waals surface area contributed by atoms with Crippen molar-refractivity contribution in [3.8, 4) is 0 Å². The minimum atomic E-state index is -2.80. The molecule has 1 fully saturated rings. The maximum atomic E-state index is 12.8. The van der Waals surface area contributed by atoms with Gasteiger partial charge in [0.05, 0.1) is 26.3 Å². The van der Waals surface area contributed by atoms with Gasteiger partial charge >= 0.3 is 0 Å². The Morgan fingerprint density at radius 2 is 2.15 bits per heavy atom. The predicted octanol–water partition coefficient (Wildman–Crippen LogP) is 3.31. The third-order valence-electron chi connectivity index (χ3n) is 4.59. The lowest BCUT2D eigenvalue weighted by Gasteiger charge is -2.35. The van der Waals surface area contributed by atoms with E-state index in [-0.39, 0.29) is 24.0 Å². The van der Waals surface area contributed by atoms with Gasteiger partial charge in [0.15, 0.2) is 5.13 Å². The average molecular weight is 494 g/mol. The molecule has 0 spiro atoms. The smallest absolute Gasteiger partial charge is 0.267 e. The first-order valence-corrected chi connectivity index (χ1v) is 11.2. The Morgan fingerprint density at radius 1 is 1.30 bits per heavy atom. The highest BCUT2D eigenvalue weighted by Gasteiger charge is 2.19. The summed E-state index contributed by atoms with van der Waals surface area (Å²) in [6.07, 6.45) is 1.38. The van der Waals surface area contributed by atoms with Gasteiger partial charge in [-0.25, -0.2) is 15.0 Å². The summed E-state index contributed by atoms with van der Waals surface area (Å²) in [7, 11) is 0. The van der Waals surface area contributed by atoms with E-state index in [0.29, 0.717) is 25.6 Å². The molecule has 3 N–H and O–H groups in total. The maximum Gasteiger partial charge on any atom is 0.267 e. The summed E-state index contributed by atoms with van der Waals surface area (Å²) in [5.74, 6) is -0.0475. The van der Waals surface area contributed by atoms with Crippen molar-refractivity contribution in [2.24, 2.45) is 0 Å². The molecule has 1 aliphatic heterocycles. The summed E-state index contributed by atoms with van der Waals surface area (Å²) in [6, 6.07) is 6.63. The van der Waals surface area contributed by atoms with Crippen molar-refractivity contribution in [1.29, 1.82) is 0 Å². The Kier molecular flexibility index (Phi) is 5.30. The van der Waals surface area contributed by atoms with Crippen molar-refractivity contribution in [3.05, 3.63) is 51.7 Å². The Balaban J connectivity index is 1.58.